The Labute approximate surface area is 125 Å². The second-order valence-electron chi connectivity index (χ2n) is 4.84. The molecule has 21 heavy (non-hydrogen) atoms. The van der Waals surface area contributed by atoms with Gasteiger partial charge in [0, 0.05) is 26.8 Å². The highest BCUT2D eigenvalue weighted by Gasteiger charge is 2.14. The molecule has 0 N–H and O–H groups in total. The fourth-order valence-corrected chi connectivity index (χ4v) is 1.76. The van der Waals surface area contributed by atoms with Crippen LogP contribution in [0.5, 0.6) is 0 Å². The predicted octanol–water partition coefficient (Wildman–Crippen LogP) is 1.56. The van der Waals surface area contributed by atoms with Crippen LogP contribution in [0.15, 0.2) is 18.3 Å². The lowest BCUT2D eigenvalue weighted by atomic mass is 10.2. The molecule has 0 aliphatic heterocycles. The Morgan fingerprint density at radius 1 is 1.24 bits per heavy atom. The molecule has 0 radical (unpaired) electrons. The van der Waals surface area contributed by atoms with Gasteiger partial charge >= 0.3 is 5.97 Å². The smallest absolute Gasteiger partial charge is 0.339 e. The van der Waals surface area contributed by atoms with Gasteiger partial charge in [0.2, 0.25) is 5.91 Å². The molecule has 0 saturated heterocycles. The molecule has 1 aromatic rings. The number of rotatable bonds is 7. The number of nitrogens with zero attached hydrogens (tertiary/aromatic N) is 3. The summed E-state index contributed by atoms with van der Waals surface area (Å²) in [5, 5.41) is 0. The number of aromatic nitrogens is 1. The molecule has 0 atom stereocenters. The second kappa shape index (κ2) is 8.24. The largest absolute Gasteiger partial charge is 0.462 e. The van der Waals surface area contributed by atoms with Gasteiger partial charge in [-0.15, -0.1) is 0 Å². The van der Waals surface area contributed by atoms with Gasteiger partial charge in [0.1, 0.15) is 5.82 Å². The molecule has 0 aliphatic rings. The van der Waals surface area contributed by atoms with Gasteiger partial charge in [-0.3, -0.25) is 4.79 Å². The number of ether oxygens (including phenoxy) is 1. The van der Waals surface area contributed by atoms with Crippen molar-refractivity contribution in [2.45, 2.75) is 20.3 Å². The third-order valence-corrected chi connectivity index (χ3v) is 2.90. The zero-order valence-electron chi connectivity index (χ0n) is 13.1. The zero-order chi connectivity index (χ0) is 15.8. The van der Waals surface area contributed by atoms with Gasteiger partial charge in [0.05, 0.1) is 18.7 Å². The monoisotopic (exact) mass is 293 g/mol. The number of carbonyl (C=O) groups excluding carboxylic acids is 2. The maximum Gasteiger partial charge on any atom is 0.339 e. The molecule has 0 saturated carbocycles. The number of hydrogen-bond donors (Lipinski definition) is 0. The standard InChI is InChI=1S/C15H23N3O3/c1-5-9-18(11-14(19)17(3)4)13-8-7-12(10-16-13)15(20)21-6-2/h7-8,10H,5-6,9,11H2,1-4H3. The quantitative estimate of drug-likeness (QED) is 0.714. The van der Waals surface area contributed by atoms with Crippen molar-refractivity contribution in [2.75, 3.05) is 38.7 Å². The van der Waals surface area contributed by atoms with E-state index in [0.29, 0.717) is 18.0 Å². The average Bonchev–Trinajstić information content (AvgIpc) is 2.47. The summed E-state index contributed by atoms with van der Waals surface area (Å²) in [6.07, 6.45) is 2.39. The molecule has 116 valence electrons. The van der Waals surface area contributed by atoms with E-state index in [1.54, 1.807) is 38.1 Å². The summed E-state index contributed by atoms with van der Waals surface area (Å²) in [6, 6.07) is 3.41. The van der Waals surface area contributed by atoms with Crippen molar-refractivity contribution in [3.8, 4) is 0 Å². The Hall–Kier alpha value is -2.11. The minimum absolute atomic E-state index is 0.0136. The topological polar surface area (TPSA) is 62.7 Å². The lowest BCUT2D eigenvalue weighted by Gasteiger charge is -2.24. The Morgan fingerprint density at radius 2 is 1.95 bits per heavy atom. The summed E-state index contributed by atoms with van der Waals surface area (Å²) in [5.74, 6) is 0.308. The number of pyridine rings is 1. The summed E-state index contributed by atoms with van der Waals surface area (Å²) in [5.41, 5.74) is 0.413. The van der Waals surface area contributed by atoms with E-state index in [0.717, 1.165) is 13.0 Å². The Morgan fingerprint density at radius 3 is 2.43 bits per heavy atom. The van der Waals surface area contributed by atoms with Crippen LogP contribution in [-0.4, -0.2) is 55.6 Å². The molecule has 0 bridgehead atoms. The van der Waals surface area contributed by atoms with Crippen LogP contribution in [0, 0.1) is 0 Å². The summed E-state index contributed by atoms with van der Waals surface area (Å²) in [4.78, 5) is 31.1. The lowest BCUT2D eigenvalue weighted by molar-refractivity contribution is -0.127. The molecule has 0 unspecified atom stereocenters. The van der Waals surface area contributed by atoms with E-state index < -0.39 is 0 Å². The summed E-state index contributed by atoms with van der Waals surface area (Å²) >= 11 is 0. The van der Waals surface area contributed by atoms with Crippen LogP contribution in [0.4, 0.5) is 5.82 Å². The van der Waals surface area contributed by atoms with Gasteiger partial charge in [0.25, 0.3) is 0 Å². The molecule has 1 heterocycles. The van der Waals surface area contributed by atoms with Crippen LogP contribution in [0.1, 0.15) is 30.6 Å². The normalized spacial score (nSPS) is 10.1. The van der Waals surface area contributed by atoms with Crippen molar-refractivity contribution in [1.29, 1.82) is 0 Å². The highest BCUT2D eigenvalue weighted by molar-refractivity contribution is 5.89. The van der Waals surface area contributed by atoms with Crippen LogP contribution in [0.2, 0.25) is 0 Å². The molecule has 0 aliphatic carbocycles. The molecular weight excluding hydrogens is 270 g/mol. The van der Waals surface area contributed by atoms with Gasteiger partial charge in [-0.1, -0.05) is 6.92 Å². The van der Waals surface area contributed by atoms with E-state index in [-0.39, 0.29) is 18.4 Å². The van der Waals surface area contributed by atoms with Gasteiger partial charge in [-0.2, -0.15) is 0 Å². The van der Waals surface area contributed by atoms with Crippen molar-refractivity contribution in [1.82, 2.24) is 9.88 Å². The third-order valence-electron chi connectivity index (χ3n) is 2.90. The maximum atomic E-state index is 11.8. The van der Waals surface area contributed by atoms with Crippen molar-refractivity contribution in [3.05, 3.63) is 23.9 Å². The number of carbonyl (C=O) groups is 2. The first-order valence-corrected chi connectivity index (χ1v) is 7.07. The molecule has 0 fully saturated rings. The van der Waals surface area contributed by atoms with Crippen LogP contribution in [-0.2, 0) is 9.53 Å². The average molecular weight is 293 g/mol. The molecular formula is C15H23N3O3. The van der Waals surface area contributed by atoms with E-state index in [1.807, 2.05) is 11.8 Å². The predicted molar refractivity (Wildman–Crippen MR) is 81.4 cm³/mol. The number of hydrogen-bond acceptors (Lipinski definition) is 5. The first kappa shape index (κ1) is 16.9. The molecule has 1 aromatic heterocycles. The molecule has 0 aromatic carbocycles. The second-order valence-corrected chi connectivity index (χ2v) is 4.84. The van der Waals surface area contributed by atoms with E-state index >= 15 is 0 Å². The summed E-state index contributed by atoms with van der Waals surface area (Å²) < 4.78 is 4.92. The van der Waals surface area contributed by atoms with Crippen LogP contribution < -0.4 is 4.90 Å². The first-order valence-electron chi connectivity index (χ1n) is 7.07. The SMILES string of the molecule is CCCN(CC(=O)N(C)C)c1ccc(C(=O)OCC)cn1. The van der Waals surface area contributed by atoms with Gasteiger partial charge in [-0.05, 0) is 25.5 Å². The fraction of sp³-hybridized carbons (Fsp3) is 0.533. The molecule has 6 nitrogen and oxygen atoms in total. The van der Waals surface area contributed by atoms with Crippen molar-refractivity contribution >= 4 is 17.7 Å². The van der Waals surface area contributed by atoms with Crippen molar-refractivity contribution in [3.63, 3.8) is 0 Å². The maximum absolute atomic E-state index is 11.8. The van der Waals surface area contributed by atoms with Crippen LogP contribution >= 0.6 is 0 Å². The minimum Gasteiger partial charge on any atom is -0.462 e. The van der Waals surface area contributed by atoms with E-state index in [1.165, 1.54) is 6.20 Å². The number of esters is 1. The number of likely N-dealkylation sites (N-methyl/N-ethyl adjacent to an activating group) is 1. The lowest BCUT2D eigenvalue weighted by Crippen LogP contribution is -2.37. The van der Waals surface area contributed by atoms with Gasteiger partial charge < -0.3 is 14.5 Å². The van der Waals surface area contributed by atoms with E-state index in [9.17, 15) is 9.59 Å². The van der Waals surface area contributed by atoms with Crippen LogP contribution in [0.25, 0.3) is 0 Å². The van der Waals surface area contributed by atoms with Crippen LogP contribution in [0.3, 0.4) is 0 Å². The van der Waals surface area contributed by atoms with E-state index in [2.05, 4.69) is 4.98 Å². The fourth-order valence-electron chi connectivity index (χ4n) is 1.76. The molecule has 1 amide bonds. The Balaban J connectivity index is 2.84. The van der Waals surface area contributed by atoms with Crippen molar-refractivity contribution in [2.24, 2.45) is 0 Å². The zero-order valence-corrected chi connectivity index (χ0v) is 13.1. The summed E-state index contributed by atoms with van der Waals surface area (Å²) in [7, 11) is 3.45. The third kappa shape index (κ3) is 5.06. The minimum atomic E-state index is -0.386. The first-order chi connectivity index (χ1) is 9.99. The highest BCUT2D eigenvalue weighted by atomic mass is 16.5. The summed E-state index contributed by atoms with van der Waals surface area (Å²) in [6.45, 7) is 5.13. The van der Waals surface area contributed by atoms with Gasteiger partial charge in [-0.25, -0.2) is 9.78 Å². The number of amides is 1. The number of anilines is 1. The molecule has 1 rings (SSSR count). The molecule has 0 spiro atoms. The molecule has 6 heteroatoms. The van der Waals surface area contributed by atoms with Gasteiger partial charge in [0.15, 0.2) is 0 Å². The highest BCUT2D eigenvalue weighted by Crippen LogP contribution is 2.13. The Kier molecular flexibility index (Phi) is 6.65. The van der Waals surface area contributed by atoms with Crippen molar-refractivity contribution < 1.29 is 14.3 Å². The Bertz CT molecular complexity index is 472. The van der Waals surface area contributed by atoms with E-state index in [4.69, 9.17) is 4.74 Å².